The molecule has 3 heteroatoms. The molecule has 0 saturated carbocycles. The van der Waals surface area contributed by atoms with Crippen molar-refractivity contribution in [2.24, 2.45) is 0 Å². The van der Waals surface area contributed by atoms with E-state index in [1.54, 1.807) is 0 Å². The Labute approximate surface area is 110 Å². The van der Waals surface area contributed by atoms with Crippen molar-refractivity contribution in [1.29, 1.82) is 5.26 Å². The number of hydrogen-bond donors (Lipinski definition) is 1. The molecule has 0 heterocycles. The molecule has 1 N–H and O–H groups in total. The summed E-state index contributed by atoms with van der Waals surface area (Å²) in [4.78, 5) is 0. The zero-order valence-electron chi connectivity index (χ0n) is 11.1. The fourth-order valence-corrected chi connectivity index (χ4v) is 1.64. The van der Waals surface area contributed by atoms with Crippen LogP contribution in [-0.4, -0.2) is 13.2 Å². The van der Waals surface area contributed by atoms with Crippen molar-refractivity contribution in [2.75, 3.05) is 18.5 Å². The Morgan fingerprint density at radius 3 is 2.94 bits per heavy atom. The van der Waals surface area contributed by atoms with Crippen molar-refractivity contribution < 1.29 is 4.74 Å². The largest absolute Gasteiger partial charge is 0.493 e. The van der Waals surface area contributed by atoms with Gasteiger partial charge in [0.15, 0.2) is 0 Å². The van der Waals surface area contributed by atoms with E-state index >= 15 is 0 Å². The van der Waals surface area contributed by atoms with Gasteiger partial charge < -0.3 is 10.1 Å². The van der Waals surface area contributed by atoms with Crippen LogP contribution in [0.25, 0.3) is 0 Å². The molecule has 18 heavy (non-hydrogen) atoms. The van der Waals surface area contributed by atoms with Gasteiger partial charge in [0, 0.05) is 24.7 Å². The lowest BCUT2D eigenvalue weighted by molar-refractivity contribution is 0.313. The maximum atomic E-state index is 8.43. The highest BCUT2D eigenvalue weighted by molar-refractivity contribution is 5.48. The van der Waals surface area contributed by atoms with Crippen molar-refractivity contribution in [1.82, 2.24) is 0 Å². The molecule has 1 aromatic carbocycles. The third-order valence-electron chi connectivity index (χ3n) is 2.65. The van der Waals surface area contributed by atoms with Gasteiger partial charge in [-0.1, -0.05) is 25.8 Å². The normalized spacial score (nSPS) is 9.78. The zero-order chi connectivity index (χ0) is 13.1. The van der Waals surface area contributed by atoms with Crippen molar-refractivity contribution in [3.05, 3.63) is 24.3 Å². The molecule has 3 nitrogen and oxygen atoms in total. The number of ether oxygens (including phenoxy) is 1. The number of rotatable bonds is 9. The summed E-state index contributed by atoms with van der Waals surface area (Å²) in [6.07, 6.45) is 5.03. The summed E-state index contributed by atoms with van der Waals surface area (Å²) < 4.78 is 5.59. The van der Waals surface area contributed by atoms with Crippen LogP contribution in [0.5, 0.6) is 5.75 Å². The Kier molecular flexibility index (Phi) is 7.47. The Hall–Kier alpha value is -1.69. The quantitative estimate of drug-likeness (QED) is 0.670. The van der Waals surface area contributed by atoms with Gasteiger partial charge in [-0.05, 0) is 25.0 Å². The van der Waals surface area contributed by atoms with E-state index in [9.17, 15) is 0 Å². The Balaban J connectivity index is 2.30. The van der Waals surface area contributed by atoms with Crippen molar-refractivity contribution in [2.45, 2.75) is 39.0 Å². The number of nitrogens with one attached hydrogen (secondary N) is 1. The minimum Gasteiger partial charge on any atom is -0.493 e. The summed E-state index contributed by atoms with van der Waals surface area (Å²) in [5, 5.41) is 11.8. The molecular formula is C15H22N2O. The lowest BCUT2D eigenvalue weighted by atomic mass is 10.2. The van der Waals surface area contributed by atoms with Gasteiger partial charge in [-0.2, -0.15) is 5.26 Å². The Bertz CT molecular complexity index is 371. The average molecular weight is 246 g/mol. The molecule has 0 aliphatic rings. The topological polar surface area (TPSA) is 45.0 Å². The van der Waals surface area contributed by atoms with Crippen LogP contribution < -0.4 is 10.1 Å². The van der Waals surface area contributed by atoms with Crippen LogP contribution in [0.2, 0.25) is 0 Å². The lowest BCUT2D eigenvalue weighted by Gasteiger charge is -2.09. The van der Waals surface area contributed by atoms with Crippen LogP contribution in [0, 0.1) is 11.3 Å². The first-order valence-electron chi connectivity index (χ1n) is 6.70. The SMILES string of the molecule is CCCCCNc1cccc(OCCCC#N)c1. The van der Waals surface area contributed by atoms with Gasteiger partial charge in [0.2, 0.25) is 0 Å². The van der Waals surface area contributed by atoms with Crippen molar-refractivity contribution in [3.63, 3.8) is 0 Å². The van der Waals surface area contributed by atoms with Crippen LogP contribution in [0.3, 0.4) is 0 Å². The van der Waals surface area contributed by atoms with Gasteiger partial charge in [0.25, 0.3) is 0 Å². The van der Waals surface area contributed by atoms with Gasteiger partial charge in [-0.25, -0.2) is 0 Å². The van der Waals surface area contributed by atoms with Gasteiger partial charge in [0.1, 0.15) is 5.75 Å². The smallest absolute Gasteiger partial charge is 0.121 e. The molecule has 0 aliphatic carbocycles. The minimum absolute atomic E-state index is 0.551. The first-order chi connectivity index (χ1) is 8.86. The summed E-state index contributed by atoms with van der Waals surface area (Å²) in [7, 11) is 0. The molecule has 0 atom stereocenters. The second-order valence-electron chi connectivity index (χ2n) is 4.27. The highest BCUT2D eigenvalue weighted by Crippen LogP contribution is 2.17. The third kappa shape index (κ3) is 6.15. The molecule has 0 fully saturated rings. The third-order valence-corrected chi connectivity index (χ3v) is 2.65. The molecule has 0 unspecified atom stereocenters. The molecule has 1 aromatic rings. The summed E-state index contributed by atoms with van der Waals surface area (Å²) in [6.45, 7) is 3.81. The van der Waals surface area contributed by atoms with Crippen LogP contribution >= 0.6 is 0 Å². The summed E-state index contributed by atoms with van der Waals surface area (Å²) in [5.41, 5.74) is 1.10. The fraction of sp³-hybridized carbons (Fsp3) is 0.533. The van der Waals surface area contributed by atoms with Gasteiger partial charge in [-0.15, -0.1) is 0 Å². The molecule has 0 aliphatic heterocycles. The number of unbranched alkanes of at least 4 members (excludes halogenated alkanes) is 3. The van der Waals surface area contributed by atoms with Crippen LogP contribution in [0.15, 0.2) is 24.3 Å². The second-order valence-corrected chi connectivity index (χ2v) is 4.27. The predicted octanol–water partition coefficient (Wildman–Crippen LogP) is 3.97. The first-order valence-corrected chi connectivity index (χ1v) is 6.70. The van der Waals surface area contributed by atoms with Gasteiger partial charge in [0.05, 0.1) is 12.7 Å². The first kappa shape index (κ1) is 14.4. The number of nitrogens with zero attached hydrogens (tertiary/aromatic N) is 1. The number of nitriles is 1. The number of benzene rings is 1. The number of hydrogen-bond acceptors (Lipinski definition) is 3. The predicted molar refractivity (Wildman–Crippen MR) is 74.8 cm³/mol. The molecule has 98 valence electrons. The van der Waals surface area contributed by atoms with E-state index in [1.807, 2.05) is 24.3 Å². The highest BCUT2D eigenvalue weighted by Gasteiger charge is 1.96. The van der Waals surface area contributed by atoms with Crippen molar-refractivity contribution >= 4 is 5.69 Å². The molecule has 0 radical (unpaired) electrons. The molecule has 0 spiro atoms. The van der Waals surface area contributed by atoms with E-state index in [4.69, 9.17) is 10.00 Å². The van der Waals surface area contributed by atoms with Gasteiger partial charge in [-0.3, -0.25) is 0 Å². The fourth-order valence-electron chi connectivity index (χ4n) is 1.64. The average Bonchev–Trinajstić information content (AvgIpc) is 2.40. The van der Waals surface area contributed by atoms with Crippen LogP contribution in [0.1, 0.15) is 39.0 Å². The van der Waals surface area contributed by atoms with Crippen LogP contribution in [0.4, 0.5) is 5.69 Å². The highest BCUT2D eigenvalue weighted by atomic mass is 16.5. The van der Waals surface area contributed by atoms with Crippen molar-refractivity contribution in [3.8, 4) is 11.8 Å². The van der Waals surface area contributed by atoms with E-state index in [1.165, 1.54) is 19.3 Å². The standard InChI is InChI=1S/C15H22N2O/c1-2-3-5-11-17-14-8-7-9-15(13-14)18-12-6-4-10-16/h7-9,13,17H,2-6,11-12H2,1H3. The summed E-state index contributed by atoms with van der Waals surface area (Å²) >= 11 is 0. The molecule has 0 saturated heterocycles. The monoisotopic (exact) mass is 246 g/mol. The van der Waals surface area contributed by atoms with E-state index in [0.717, 1.165) is 24.4 Å². The lowest BCUT2D eigenvalue weighted by Crippen LogP contribution is -2.02. The van der Waals surface area contributed by atoms with E-state index in [0.29, 0.717) is 13.0 Å². The minimum atomic E-state index is 0.551. The van der Waals surface area contributed by atoms with E-state index in [-0.39, 0.29) is 0 Å². The van der Waals surface area contributed by atoms with E-state index in [2.05, 4.69) is 18.3 Å². The second kappa shape index (κ2) is 9.35. The molecule has 0 amide bonds. The summed E-state index contributed by atoms with van der Waals surface area (Å²) in [6, 6.07) is 10.1. The summed E-state index contributed by atoms with van der Waals surface area (Å²) in [5.74, 6) is 0.869. The number of anilines is 1. The molecule has 1 rings (SSSR count). The Morgan fingerprint density at radius 2 is 2.17 bits per heavy atom. The molecular weight excluding hydrogens is 224 g/mol. The maximum absolute atomic E-state index is 8.43. The van der Waals surface area contributed by atoms with Gasteiger partial charge >= 0.3 is 0 Å². The molecule has 0 aromatic heterocycles. The van der Waals surface area contributed by atoms with E-state index < -0.39 is 0 Å². The zero-order valence-corrected chi connectivity index (χ0v) is 11.1. The maximum Gasteiger partial charge on any atom is 0.121 e. The molecule has 0 bridgehead atoms. The Morgan fingerprint density at radius 1 is 1.28 bits per heavy atom. The van der Waals surface area contributed by atoms with Crippen LogP contribution in [-0.2, 0) is 0 Å².